The first-order chi connectivity index (χ1) is 13.0. The quantitative estimate of drug-likeness (QED) is 0.608. The minimum atomic E-state index is -0.149. The molecule has 1 aromatic heterocycles. The predicted octanol–water partition coefficient (Wildman–Crippen LogP) is 3.05. The first kappa shape index (κ1) is 17.4. The topological polar surface area (TPSA) is 62.3 Å². The molecule has 1 heterocycles. The molecule has 0 fully saturated rings. The van der Waals surface area contributed by atoms with Gasteiger partial charge in [0.1, 0.15) is 0 Å². The minimum absolute atomic E-state index is 0.000984. The maximum absolute atomic E-state index is 12.8. The maximum atomic E-state index is 12.8. The number of benzene rings is 2. The van der Waals surface area contributed by atoms with Crippen molar-refractivity contribution in [3.8, 4) is 11.3 Å². The number of carbonyl (C=O) groups excluding carboxylic acids is 2. The number of nitrogens with zero attached hydrogens (tertiary/aromatic N) is 2. The Balaban J connectivity index is 1.82. The second-order valence-corrected chi connectivity index (χ2v) is 7.15. The molecule has 4 rings (SSSR count). The van der Waals surface area contributed by atoms with E-state index in [9.17, 15) is 9.59 Å². The highest BCUT2D eigenvalue weighted by Gasteiger charge is 2.30. The van der Waals surface area contributed by atoms with Gasteiger partial charge in [0.25, 0.3) is 5.91 Å². The molecule has 0 bridgehead atoms. The van der Waals surface area contributed by atoms with Crippen molar-refractivity contribution in [3.05, 3.63) is 64.7 Å². The first-order valence-corrected chi connectivity index (χ1v) is 8.99. The Hall–Kier alpha value is -3.05. The summed E-state index contributed by atoms with van der Waals surface area (Å²) in [5, 5.41) is 3.74. The molecule has 0 spiro atoms. The van der Waals surface area contributed by atoms with Crippen LogP contribution < -0.4 is 5.32 Å². The Morgan fingerprint density at radius 3 is 2.67 bits per heavy atom. The number of ketones is 1. The van der Waals surface area contributed by atoms with Crippen LogP contribution in [0.15, 0.2) is 42.5 Å². The molecule has 0 saturated heterocycles. The molecular formula is C22H21N3O2. The van der Waals surface area contributed by atoms with Crippen LogP contribution in [0.3, 0.4) is 0 Å². The first-order valence-electron chi connectivity index (χ1n) is 8.99. The molecule has 136 valence electrons. The van der Waals surface area contributed by atoms with Crippen LogP contribution in [-0.4, -0.2) is 48.8 Å². The van der Waals surface area contributed by atoms with Crippen molar-refractivity contribution < 1.29 is 9.59 Å². The summed E-state index contributed by atoms with van der Waals surface area (Å²) in [6, 6.07) is 13.1. The highest BCUT2D eigenvalue weighted by atomic mass is 16.1. The highest BCUT2D eigenvalue weighted by molar-refractivity contribution is 6.23. The normalized spacial score (nSPS) is 12.4. The number of aromatic nitrogens is 1. The summed E-state index contributed by atoms with van der Waals surface area (Å²) in [6.07, 6.45) is 0. The highest BCUT2D eigenvalue weighted by Crippen LogP contribution is 2.39. The van der Waals surface area contributed by atoms with Gasteiger partial charge < -0.3 is 10.2 Å². The molecule has 0 saturated carbocycles. The number of pyridine rings is 1. The second-order valence-electron chi connectivity index (χ2n) is 7.15. The number of nitrogens with one attached hydrogen (secondary N) is 1. The van der Waals surface area contributed by atoms with Gasteiger partial charge in [-0.1, -0.05) is 30.3 Å². The summed E-state index contributed by atoms with van der Waals surface area (Å²) in [5.41, 5.74) is 5.02. The molecule has 1 N–H and O–H groups in total. The van der Waals surface area contributed by atoms with Crippen molar-refractivity contribution >= 4 is 22.6 Å². The summed E-state index contributed by atoms with van der Waals surface area (Å²) in [5.74, 6) is -0.150. The lowest BCUT2D eigenvalue weighted by molar-refractivity contribution is 0.0952. The summed E-state index contributed by atoms with van der Waals surface area (Å²) in [4.78, 5) is 32.3. The minimum Gasteiger partial charge on any atom is -0.351 e. The Bertz CT molecular complexity index is 1090. The van der Waals surface area contributed by atoms with E-state index < -0.39 is 0 Å². The van der Waals surface area contributed by atoms with E-state index in [1.807, 2.05) is 62.3 Å². The number of hydrogen-bond acceptors (Lipinski definition) is 4. The molecular weight excluding hydrogens is 338 g/mol. The van der Waals surface area contributed by atoms with Crippen molar-refractivity contribution in [1.82, 2.24) is 15.2 Å². The maximum Gasteiger partial charge on any atom is 0.253 e. The molecule has 1 amide bonds. The van der Waals surface area contributed by atoms with Crippen molar-refractivity contribution in [2.75, 3.05) is 27.2 Å². The van der Waals surface area contributed by atoms with Gasteiger partial charge in [0.15, 0.2) is 5.78 Å². The second kappa shape index (κ2) is 6.59. The summed E-state index contributed by atoms with van der Waals surface area (Å²) in [7, 11) is 3.93. The van der Waals surface area contributed by atoms with E-state index >= 15 is 0 Å². The van der Waals surface area contributed by atoms with Crippen LogP contribution in [0.1, 0.15) is 31.8 Å². The predicted molar refractivity (Wildman–Crippen MR) is 106 cm³/mol. The summed E-state index contributed by atoms with van der Waals surface area (Å²) >= 11 is 0. The number of carbonyl (C=O) groups is 2. The smallest absolute Gasteiger partial charge is 0.253 e. The SMILES string of the molecule is Cc1cccc2c1-c1nc3c(C(=O)NCCN(C)C)cccc3cc1C2=O. The zero-order valence-electron chi connectivity index (χ0n) is 15.7. The van der Waals surface area contributed by atoms with Gasteiger partial charge in [-0.05, 0) is 38.7 Å². The lowest BCUT2D eigenvalue weighted by Crippen LogP contribution is -2.31. The lowest BCUT2D eigenvalue weighted by atomic mass is 10.0. The van der Waals surface area contributed by atoms with Gasteiger partial charge in [-0.2, -0.15) is 0 Å². The molecule has 5 heteroatoms. The lowest BCUT2D eigenvalue weighted by Gasteiger charge is -2.12. The third kappa shape index (κ3) is 2.90. The van der Waals surface area contributed by atoms with Crippen LogP contribution in [-0.2, 0) is 0 Å². The number of amides is 1. The molecule has 1 aliphatic carbocycles. The number of rotatable bonds is 4. The molecule has 5 nitrogen and oxygen atoms in total. The Labute approximate surface area is 158 Å². The standard InChI is InChI=1S/C22H21N3O2/c1-13-6-4-8-15-18(13)20-17(21(15)26)12-14-7-5-9-16(19(14)24-20)22(27)23-10-11-25(2)3/h4-9,12H,10-11H2,1-3H3,(H,23,27). The Morgan fingerprint density at radius 1 is 1.11 bits per heavy atom. The van der Waals surface area contributed by atoms with E-state index in [1.54, 1.807) is 6.07 Å². The molecule has 2 aromatic carbocycles. The largest absolute Gasteiger partial charge is 0.351 e. The van der Waals surface area contributed by atoms with Crippen molar-refractivity contribution in [1.29, 1.82) is 0 Å². The van der Waals surface area contributed by atoms with Gasteiger partial charge >= 0.3 is 0 Å². The summed E-state index contributed by atoms with van der Waals surface area (Å²) in [6.45, 7) is 3.31. The van der Waals surface area contributed by atoms with Crippen LogP contribution in [0.25, 0.3) is 22.2 Å². The average Bonchev–Trinajstić information content (AvgIpc) is 2.92. The van der Waals surface area contributed by atoms with Crippen LogP contribution in [0.5, 0.6) is 0 Å². The fourth-order valence-corrected chi connectivity index (χ4v) is 3.55. The number of likely N-dealkylation sites (N-methyl/N-ethyl adjacent to an activating group) is 1. The van der Waals surface area contributed by atoms with Crippen LogP contribution >= 0.6 is 0 Å². The average molecular weight is 359 g/mol. The van der Waals surface area contributed by atoms with Crippen LogP contribution in [0.2, 0.25) is 0 Å². The van der Waals surface area contributed by atoms with Crippen LogP contribution in [0.4, 0.5) is 0 Å². The number of aryl methyl sites for hydroxylation is 1. The van der Waals surface area contributed by atoms with E-state index in [0.29, 0.717) is 34.4 Å². The Kier molecular flexibility index (Phi) is 4.24. The number of hydrogen-bond donors (Lipinski definition) is 1. The number of para-hydroxylation sites is 1. The van der Waals surface area contributed by atoms with Gasteiger partial charge in [0.05, 0.1) is 16.8 Å². The van der Waals surface area contributed by atoms with Crippen molar-refractivity contribution in [3.63, 3.8) is 0 Å². The van der Waals surface area contributed by atoms with E-state index in [-0.39, 0.29) is 11.7 Å². The molecule has 0 atom stereocenters. The van der Waals surface area contributed by atoms with E-state index in [2.05, 4.69) is 5.32 Å². The van der Waals surface area contributed by atoms with E-state index in [1.165, 1.54) is 0 Å². The fraction of sp³-hybridized carbons (Fsp3) is 0.227. The molecule has 0 radical (unpaired) electrons. The van der Waals surface area contributed by atoms with Gasteiger partial charge in [-0.3, -0.25) is 9.59 Å². The summed E-state index contributed by atoms with van der Waals surface area (Å²) < 4.78 is 0. The zero-order chi connectivity index (χ0) is 19.1. The van der Waals surface area contributed by atoms with Gasteiger partial charge in [-0.15, -0.1) is 0 Å². The molecule has 3 aromatic rings. The Morgan fingerprint density at radius 2 is 1.89 bits per heavy atom. The monoisotopic (exact) mass is 359 g/mol. The van der Waals surface area contributed by atoms with Crippen LogP contribution in [0, 0.1) is 6.92 Å². The number of fused-ring (bicyclic) bond motifs is 4. The van der Waals surface area contributed by atoms with Gasteiger partial charge in [0.2, 0.25) is 0 Å². The van der Waals surface area contributed by atoms with Crippen molar-refractivity contribution in [2.24, 2.45) is 0 Å². The molecule has 0 unspecified atom stereocenters. The van der Waals surface area contributed by atoms with Gasteiger partial charge in [0, 0.05) is 35.2 Å². The molecule has 0 aliphatic heterocycles. The van der Waals surface area contributed by atoms with E-state index in [4.69, 9.17) is 4.98 Å². The fourth-order valence-electron chi connectivity index (χ4n) is 3.55. The third-order valence-corrected chi connectivity index (χ3v) is 4.93. The van der Waals surface area contributed by atoms with E-state index in [0.717, 1.165) is 23.1 Å². The van der Waals surface area contributed by atoms with Gasteiger partial charge in [-0.25, -0.2) is 4.98 Å². The molecule has 1 aliphatic rings. The third-order valence-electron chi connectivity index (χ3n) is 4.93. The zero-order valence-corrected chi connectivity index (χ0v) is 15.7. The molecule has 27 heavy (non-hydrogen) atoms. The van der Waals surface area contributed by atoms with Crippen molar-refractivity contribution in [2.45, 2.75) is 6.92 Å².